The zero-order valence-electron chi connectivity index (χ0n) is 17.1. The van der Waals surface area contributed by atoms with Gasteiger partial charge in [-0.1, -0.05) is 18.2 Å². The van der Waals surface area contributed by atoms with E-state index in [2.05, 4.69) is 9.71 Å². The molecule has 0 bridgehead atoms. The van der Waals surface area contributed by atoms with Crippen molar-refractivity contribution in [2.45, 2.75) is 31.1 Å². The second-order valence-corrected chi connectivity index (χ2v) is 9.90. The number of halogens is 2. The molecule has 0 aliphatic rings. The Morgan fingerprint density at radius 3 is 2.23 bits per heavy atom. The van der Waals surface area contributed by atoms with Gasteiger partial charge in [0, 0.05) is 7.05 Å². The molecule has 0 radical (unpaired) electrons. The minimum atomic E-state index is -1.59. The second kappa shape index (κ2) is 8.09. The third-order valence-corrected chi connectivity index (χ3v) is 6.41. The van der Waals surface area contributed by atoms with Gasteiger partial charge in [0.05, 0.1) is 39.5 Å². The molecule has 0 saturated carbocycles. The summed E-state index contributed by atoms with van der Waals surface area (Å²) in [7, 11) is 0.174. The summed E-state index contributed by atoms with van der Waals surface area (Å²) >= 11 is 0. The number of benzene rings is 2. The molecule has 2 unspecified atom stereocenters. The number of nitrogens with one attached hydrogen (secondary N) is 1. The lowest BCUT2D eigenvalue weighted by Crippen LogP contribution is -2.50. The third kappa shape index (κ3) is 3.91. The molecule has 30 heavy (non-hydrogen) atoms. The minimum absolute atomic E-state index is 0.103. The van der Waals surface area contributed by atoms with Crippen molar-refractivity contribution < 1.29 is 13.0 Å². The normalized spacial score (nSPS) is 14.7. The molecule has 0 spiro atoms. The van der Waals surface area contributed by atoms with Gasteiger partial charge >= 0.3 is 0 Å². The van der Waals surface area contributed by atoms with Gasteiger partial charge in [-0.3, -0.25) is 0 Å². The molecule has 156 valence electrons. The van der Waals surface area contributed by atoms with Crippen molar-refractivity contribution in [2.75, 3.05) is 0 Å². The van der Waals surface area contributed by atoms with Crippen LogP contribution in [0, 0.1) is 23.0 Å². The average Bonchev–Trinajstić information content (AvgIpc) is 3.12. The number of imidazole rings is 1. The lowest BCUT2D eigenvalue weighted by atomic mass is 9.80. The van der Waals surface area contributed by atoms with Gasteiger partial charge in [-0.05, 0) is 56.2 Å². The molecule has 1 aromatic heterocycles. The molecular weight excluding hydrogens is 406 g/mol. The largest absolute Gasteiger partial charge is 0.335 e. The summed E-state index contributed by atoms with van der Waals surface area (Å²) in [5.74, 6) is -1.13. The number of aromatic nitrogens is 2. The summed E-state index contributed by atoms with van der Waals surface area (Å²) in [6.45, 7) is 5.44. The smallest absolute Gasteiger partial charge is 0.141 e. The highest BCUT2D eigenvalue weighted by Gasteiger charge is 2.42. The minimum Gasteiger partial charge on any atom is -0.335 e. The van der Waals surface area contributed by atoms with Crippen LogP contribution in [0.15, 0.2) is 55.0 Å². The summed E-state index contributed by atoms with van der Waals surface area (Å²) < 4.78 is 45.9. The quantitative estimate of drug-likeness (QED) is 0.670. The summed E-state index contributed by atoms with van der Waals surface area (Å²) in [6, 6.07) is 11.7. The molecule has 5 nitrogen and oxygen atoms in total. The molecule has 1 N–H and O–H groups in total. The highest BCUT2D eigenvalue weighted by Crippen LogP contribution is 2.38. The fourth-order valence-corrected chi connectivity index (χ4v) is 4.11. The van der Waals surface area contributed by atoms with Gasteiger partial charge in [-0.15, -0.1) is 0 Å². The molecule has 3 rings (SSSR count). The highest BCUT2D eigenvalue weighted by atomic mass is 32.2. The van der Waals surface area contributed by atoms with Crippen molar-refractivity contribution in [3.8, 4) is 6.07 Å². The van der Waals surface area contributed by atoms with Crippen molar-refractivity contribution in [3.63, 3.8) is 0 Å². The predicted octanol–water partition coefficient (Wildman–Crippen LogP) is 3.91. The summed E-state index contributed by atoms with van der Waals surface area (Å²) in [4.78, 5) is 4.19. The molecule has 1 heterocycles. The number of rotatable bonds is 5. The first-order chi connectivity index (χ1) is 14.1. The average molecular weight is 429 g/mol. The third-order valence-electron chi connectivity index (χ3n) is 4.80. The van der Waals surface area contributed by atoms with E-state index in [1.807, 2.05) is 26.8 Å². The van der Waals surface area contributed by atoms with Crippen LogP contribution in [-0.2, 0) is 23.6 Å². The van der Waals surface area contributed by atoms with Crippen LogP contribution in [-0.4, -0.2) is 18.5 Å². The molecule has 8 heteroatoms. The standard InChI is InChI=1S/C22H22F2N4OS/c1-21(2,3)30(29)27-22(20-13-26-14-28(20)4,16-7-9-18(23)10-8-16)17-6-5-15(12-25)19(24)11-17/h5-11,13-14,27H,1-4H3. The van der Waals surface area contributed by atoms with E-state index in [9.17, 15) is 13.0 Å². The van der Waals surface area contributed by atoms with E-state index in [0.717, 1.165) is 0 Å². The maximum atomic E-state index is 14.7. The maximum absolute atomic E-state index is 14.7. The van der Waals surface area contributed by atoms with Crippen molar-refractivity contribution in [2.24, 2.45) is 7.05 Å². The fourth-order valence-electron chi connectivity index (χ4n) is 3.18. The van der Waals surface area contributed by atoms with Crippen LogP contribution in [0.2, 0.25) is 0 Å². The Bertz CT molecular complexity index is 1130. The number of aryl methyl sites for hydroxylation is 1. The van der Waals surface area contributed by atoms with Crippen LogP contribution in [0.25, 0.3) is 0 Å². The van der Waals surface area contributed by atoms with Crippen LogP contribution >= 0.6 is 0 Å². The van der Waals surface area contributed by atoms with Gasteiger partial charge < -0.3 is 4.57 Å². The number of hydrogen-bond acceptors (Lipinski definition) is 3. The Morgan fingerprint density at radius 1 is 1.10 bits per heavy atom. The molecule has 2 atom stereocenters. The van der Waals surface area contributed by atoms with Gasteiger partial charge in [0.1, 0.15) is 23.2 Å². The Hall–Kier alpha value is -2.89. The Kier molecular flexibility index (Phi) is 5.88. The lowest BCUT2D eigenvalue weighted by molar-refractivity contribution is 0.520. The molecule has 2 aromatic carbocycles. The van der Waals surface area contributed by atoms with Crippen LogP contribution < -0.4 is 4.72 Å². The van der Waals surface area contributed by atoms with Gasteiger partial charge in [-0.25, -0.2) is 22.7 Å². The van der Waals surface area contributed by atoms with Crippen LogP contribution in [0.3, 0.4) is 0 Å². The van der Waals surface area contributed by atoms with Crippen LogP contribution in [0.4, 0.5) is 8.78 Å². The summed E-state index contributed by atoms with van der Waals surface area (Å²) in [5, 5.41) is 9.13. The van der Waals surface area contributed by atoms with E-state index in [0.29, 0.717) is 16.8 Å². The molecular formula is C22H22F2N4OS. The van der Waals surface area contributed by atoms with Gasteiger partial charge in [0.25, 0.3) is 0 Å². The van der Waals surface area contributed by atoms with Crippen molar-refractivity contribution in [3.05, 3.63) is 89.0 Å². The number of nitriles is 1. The van der Waals surface area contributed by atoms with E-state index in [1.54, 1.807) is 42.3 Å². The van der Waals surface area contributed by atoms with Gasteiger partial charge in [0.15, 0.2) is 0 Å². The Labute approximate surface area is 177 Å². The monoisotopic (exact) mass is 428 g/mol. The first-order valence-corrected chi connectivity index (χ1v) is 10.4. The zero-order valence-corrected chi connectivity index (χ0v) is 17.9. The van der Waals surface area contributed by atoms with Crippen LogP contribution in [0.5, 0.6) is 0 Å². The molecule has 0 saturated heterocycles. The molecule has 0 fully saturated rings. The van der Waals surface area contributed by atoms with E-state index in [4.69, 9.17) is 5.26 Å². The maximum Gasteiger partial charge on any atom is 0.141 e. The highest BCUT2D eigenvalue weighted by molar-refractivity contribution is 7.84. The Balaban J connectivity index is 2.39. The van der Waals surface area contributed by atoms with Crippen molar-refractivity contribution >= 4 is 11.0 Å². The molecule has 0 amide bonds. The van der Waals surface area contributed by atoms with Crippen molar-refractivity contribution in [1.82, 2.24) is 14.3 Å². The topological polar surface area (TPSA) is 70.7 Å². The van der Waals surface area contributed by atoms with E-state index < -0.39 is 32.9 Å². The molecule has 3 aromatic rings. The van der Waals surface area contributed by atoms with Crippen molar-refractivity contribution in [1.29, 1.82) is 5.26 Å². The first-order valence-electron chi connectivity index (χ1n) is 9.22. The molecule has 0 aliphatic heterocycles. The second-order valence-electron chi connectivity index (χ2n) is 7.94. The van der Waals surface area contributed by atoms with E-state index in [-0.39, 0.29) is 5.56 Å². The van der Waals surface area contributed by atoms with E-state index in [1.165, 1.54) is 24.3 Å². The zero-order chi connectivity index (χ0) is 22.1. The number of nitrogens with zero attached hydrogens (tertiary/aromatic N) is 3. The predicted molar refractivity (Wildman–Crippen MR) is 112 cm³/mol. The Morgan fingerprint density at radius 2 is 1.73 bits per heavy atom. The van der Waals surface area contributed by atoms with Gasteiger partial charge in [0.2, 0.25) is 0 Å². The fraction of sp³-hybridized carbons (Fsp3) is 0.273. The summed E-state index contributed by atoms with van der Waals surface area (Å²) in [5.41, 5.74) is 0.122. The first kappa shape index (κ1) is 21.8. The van der Waals surface area contributed by atoms with Gasteiger partial charge in [-0.2, -0.15) is 5.26 Å². The SMILES string of the molecule is Cn1cncc1C(NS(=O)C(C)(C)C)(c1ccc(F)cc1)c1ccc(C#N)c(F)c1. The van der Waals surface area contributed by atoms with Crippen LogP contribution in [0.1, 0.15) is 43.2 Å². The summed E-state index contributed by atoms with van der Waals surface area (Å²) in [6.07, 6.45) is 3.17. The number of hydrogen-bond donors (Lipinski definition) is 1. The molecule has 0 aliphatic carbocycles. The van der Waals surface area contributed by atoms with E-state index >= 15 is 0 Å². The lowest BCUT2D eigenvalue weighted by Gasteiger charge is -2.38.